The molecule has 0 spiro atoms. The Bertz CT molecular complexity index is 1050. The van der Waals surface area contributed by atoms with E-state index >= 15 is 0 Å². The van der Waals surface area contributed by atoms with Gasteiger partial charge in [-0.1, -0.05) is 42.5 Å². The number of carbonyl (C=O) groups is 1. The van der Waals surface area contributed by atoms with Crippen LogP contribution in [0.15, 0.2) is 59.4 Å². The highest BCUT2D eigenvalue weighted by Gasteiger charge is 2.18. The van der Waals surface area contributed by atoms with Crippen LogP contribution in [0, 0.1) is 27.7 Å². The molecule has 0 fully saturated rings. The fraction of sp³-hybridized carbons (Fsp3) is 0.217. The topological polar surface area (TPSA) is 51.1 Å². The molecule has 0 atom stereocenters. The lowest BCUT2D eigenvalue weighted by atomic mass is 10.1. The molecule has 2 aromatic carbocycles. The van der Waals surface area contributed by atoms with Crippen molar-refractivity contribution in [1.29, 1.82) is 0 Å². The monoisotopic (exact) mass is 360 g/mol. The van der Waals surface area contributed by atoms with E-state index in [1.165, 1.54) is 6.07 Å². The average molecular weight is 360 g/mol. The van der Waals surface area contributed by atoms with E-state index in [1.807, 2.05) is 80.8 Å². The molecule has 0 aliphatic carbocycles. The molecular formula is C23H24N2O2. The number of carbonyl (C=O) groups excluding carboxylic acids is 1. The Hall–Kier alpha value is -3.14. The van der Waals surface area contributed by atoms with Crippen molar-refractivity contribution >= 4 is 11.6 Å². The van der Waals surface area contributed by atoms with E-state index in [0.717, 1.165) is 28.1 Å². The van der Waals surface area contributed by atoms with Gasteiger partial charge in [-0.25, -0.2) is 0 Å². The van der Waals surface area contributed by atoms with Crippen LogP contribution < -0.4 is 10.7 Å². The SMILES string of the molecule is Cc1cccc(NC(=O)c2c(C)n(Cc3ccccc3)c(C)cc2=O)c1C. The maximum Gasteiger partial charge on any atom is 0.261 e. The third-order valence-corrected chi connectivity index (χ3v) is 5.04. The fourth-order valence-electron chi connectivity index (χ4n) is 3.27. The van der Waals surface area contributed by atoms with Crippen LogP contribution in [0.5, 0.6) is 0 Å². The number of nitrogens with one attached hydrogen (secondary N) is 1. The molecule has 27 heavy (non-hydrogen) atoms. The first kappa shape index (κ1) is 18.6. The summed E-state index contributed by atoms with van der Waals surface area (Å²) >= 11 is 0. The van der Waals surface area contributed by atoms with Gasteiger partial charge >= 0.3 is 0 Å². The summed E-state index contributed by atoms with van der Waals surface area (Å²) < 4.78 is 2.01. The van der Waals surface area contributed by atoms with Crippen LogP contribution >= 0.6 is 0 Å². The summed E-state index contributed by atoms with van der Waals surface area (Å²) in [6, 6.07) is 17.3. The minimum atomic E-state index is -0.368. The second kappa shape index (κ2) is 7.62. The van der Waals surface area contributed by atoms with E-state index in [1.54, 1.807) is 0 Å². The second-order valence-corrected chi connectivity index (χ2v) is 6.88. The van der Waals surface area contributed by atoms with E-state index in [-0.39, 0.29) is 16.9 Å². The van der Waals surface area contributed by atoms with Gasteiger partial charge in [0.25, 0.3) is 5.91 Å². The van der Waals surface area contributed by atoms with Crippen molar-refractivity contribution in [2.75, 3.05) is 5.32 Å². The fourth-order valence-corrected chi connectivity index (χ4v) is 3.27. The highest BCUT2D eigenvalue weighted by Crippen LogP contribution is 2.19. The van der Waals surface area contributed by atoms with Crippen molar-refractivity contribution in [1.82, 2.24) is 4.57 Å². The molecule has 1 amide bonds. The van der Waals surface area contributed by atoms with Gasteiger partial charge in [0.2, 0.25) is 0 Å². The summed E-state index contributed by atoms with van der Waals surface area (Å²) in [5, 5.41) is 2.91. The number of pyridine rings is 1. The first-order valence-electron chi connectivity index (χ1n) is 9.01. The van der Waals surface area contributed by atoms with Crippen LogP contribution in [0.1, 0.15) is 38.4 Å². The van der Waals surface area contributed by atoms with E-state index in [4.69, 9.17) is 0 Å². The molecule has 0 unspecified atom stereocenters. The number of nitrogens with zero attached hydrogens (tertiary/aromatic N) is 1. The molecule has 0 saturated carbocycles. The molecule has 4 nitrogen and oxygen atoms in total. The zero-order valence-corrected chi connectivity index (χ0v) is 16.2. The van der Waals surface area contributed by atoms with Crippen LogP contribution in [0.25, 0.3) is 0 Å². The highest BCUT2D eigenvalue weighted by molar-refractivity contribution is 6.05. The Morgan fingerprint density at radius 1 is 0.963 bits per heavy atom. The van der Waals surface area contributed by atoms with Gasteiger partial charge in [0.1, 0.15) is 5.56 Å². The van der Waals surface area contributed by atoms with Crippen LogP contribution in [-0.4, -0.2) is 10.5 Å². The van der Waals surface area contributed by atoms with Crippen LogP contribution in [-0.2, 0) is 6.54 Å². The van der Waals surface area contributed by atoms with Crippen molar-refractivity contribution in [3.63, 3.8) is 0 Å². The van der Waals surface area contributed by atoms with E-state index in [2.05, 4.69) is 5.32 Å². The standard InChI is InChI=1S/C23H24N2O2/c1-15-9-8-12-20(17(15)3)24-23(27)22-18(4)25(16(2)13-21(22)26)14-19-10-6-5-7-11-19/h5-13H,14H2,1-4H3,(H,24,27). The van der Waals surface area contributed by atoms with Gasteiger partial charge in [-0.05, 0) is 50.5 Å². The number of rotatable bonds is 4. The Morgan fingerprint density at radius 3 is 2.37 bits per heavy atom. The van der Waals surface area contributed by atoms with E-state index in [9.17, 15) is 9.59 Å². The minimum Gasteiger partial charge on any atom is -0.344 e. The molecule has 3 rings (SSSR count). The van der Waals surface area contributed by atoms with Crippen molar-refractivity contribution in [2.24, 2.45) is 0 Å². The zero-order valence-electron chi connectivity index (χ0n) is 16.2. The van der Waals surface area contributed by atoms with Crippen molar-refractivity contribution in [3.8, 4) is 0 Å². The number of amides is 1. The van der Waals surface area contributed by atoms with Crippen LogP contribution in [0.2, 0.25) is 0 Å². The van der Waals surface area contributed by atoms with Gasteiger partial charge in [0, 0.05) is 29.7 Å². The van der Waals surface area contributed by atoms with E-state index in [0.29, 0.717) is 12.2 Å². The minimum absolute atomic E-state index is 0.192. The molecule has 1 heterocycles. The molecular weight excluding hydrogens is 336 g/mol. The summed E-state index contributed by atoms with van der Waals surface area (Å²) in [6.07, 6.45) is 0. The second-order valence-electron chi connectivity index (χ2n) is 6.88. The number of anilines is 1. The third-order valence-electron chi connectivity index (χ3n) is 5.04. The molecule has 1 aromatic heterocycles. The molecule has 0 aliphatic heterocycles. The van der Waals surface area contributed by atoms with Crippen LogP contribution in [0.3, 0.4) is 0 Å². The number of benzene rings is 2. The molecule has 3 aromatic rings. The Kier molecular flexibility index (Phi) is 5.26. The van der Waals surface area contributed by atoms with Gasteiger partial charge in [-0.2, -0.15) is 0 Å². The summed E-state index contributed by atoms with van der Waals surface area (Å²) in [6.45, 7) is 8.29. The molecule has 4 heteroatoms. The van der Waals surface area contributed by atoms with Crippen molar-refractivity contribution in [3.05, 3.63) is 98.5 Å². The molecule has 138 valence electrons. The largest absolute Gasteiger partial charge is 0.344 e. The Balaban J connectivity index is 2.00. The molecule has 0 bridgehead atoms. The molecule has 0 aliphatic rings. The summed E-state index contributed by atoms with van der Waals surface area (Å²) in [5.74, 6) is -0.368. The number of aryl methyl sites for hydroxylation is 2. The molecule has 0 radical (unpaired) electrons. The summed E-state index contributed by atoms with van der Waals surface area (Å²) in [5.41, 5.74) is 5.39. The first-order valence-corrected chi connectivity index (χ1v) is 9.01. The lowest BCUT2D eigenvalue weighted by Gasteiger charge is -2.18. The molecule has 1 N–H and O–H groups in total. The van der Waals surface area contributed by atoms with Gasteiger partial charge in [-0.15, -0.1) is 0 Å². The summed E-state index contributed by atoms with van der Waals surface area (Å²) in [7, 11) is 0. The van der Waals surface area contributed by atoms with Crippen molar-refractivity contribution in [2.45, 2.75) is 34.2 Å². The van der Waals surface area contributed by atoms with Crippen LogP contribution in [0.4, 0.5) is 5.69 Å². The quantitative estimate of drug-likeness (QED) is 0.750. The van der Waals surface area contributed by atoms with Gasteiger partial charge in [-0.3, -0.25) is 9.59 Å². The number of hydrogen-bond donors (Lipinski definition) is 1. The average Bonchev–Trinajstić information content (AvgIpc) is 2.63. The van der Waals surface area contributed by atoms with Gasteiger partial charge in [0.05, 0.1) is 0 Å². The lowest BCUT2D eigenvalue weighted by Crippen LogP contribution is -2.27. The highest BCUT2D eigenvalue weighted by atomic mass is 16.2. The zero-order chi connectivity index (χ0) is 19.6. The number of hydrogen-bond acceptors (Lipinski definition) is 2. The lowest BCUT2D eigenvalue weighted by molar-refractivity contribution is 0.102. The Morgan fingerprint density at radius 2 is 1.67 bits per heavy atom. The summed E-state index contributed by atoms with van der Waals surface area (Å²) in [4.78, 5) is 25.5. The first-order chi connectivity index (χ1) is 12.9. The predicted molar refractivity (Wildman–Crippen MR) is 110 cm³/mol. The van der Waals surface area contributed by atoms with Crippen molar-refractivity contribution < 1.29 is 4.79 Å². The maximum absolute atomic E-state index is 12.9. The maximum atomic E-state index is 12.9. The van der Waals surface area contributed by atoms with E-state index < -0.39 is 0 Å². The van der Waals surface area contributed by atoms with Gasteiger partial charge in [0.15, 0.2) is 5.43 Å². The Labute approximate surface area is 159 Å². The third kappa shape index (κ3) is 3.85. The molecule has 0 saturated heterocycles. The number of aromatic nitrogens is 1. The smallest absolute Gasteiger partial charge is 0.261 e. The van der Waals surface area contributed by atoms with Gasteiger partial charge < -0.3 is 9.88 Å². The normalized spacial score (nSPS) is 10.7. The predicted octanol–water partition coefficient (Wildman–Crippen LogP) is 4.38.